The average molecular weight is 144 g/mol. The maximum absolute atomic E-state index is 4.79. The maximum atomic E-state index is 4.79. The van der Waals surface area contributed by atoms with Crippen molar-refractivity contribution in [3.63, 3.8) is 0 Å². The third-order valence-electron chi connectivity index (χ3n) is 0.733. The van der Waals surface area contributed by atoms with Crippen LogP contribution in [0.2, 0.25) is 0 Å². The molecule has 0 aromatic heterocycles. The minimum absolute atomic E-state index is 0.801. The van der Waals surface area contributed by atoms with E-state index >= 15 is 0 Å². The van der Waals surface area contributed by atoms with Crippen molar-refractivity contribution >= 4 is 0 Å². The molecule has 0 heterocycles. The summed E-state index contributed by atoms with van der Waals surface area (Å²) >= 11 is 0. The molecule has 0 aliphatic rings. The molecule has 0 radical (unpaired) electrons. The molecule has 0 aromatic rings. The van der Waals surface area contributed by atoms with Gasteiger partial charge in [0.15, 0.2) is 0 Å². The highest BCUT2D eigenvalue weighted by Gasteiger charge is 1.81. The van der Waals surface area contributed by atoms with E-state index in [9.17, 15) is 0 Å². The van der Waals surface area contributed by atoms with Gasteiger partial charge in [-0.25, -0.2) is 0 Å². The van der Waals surface area contributed by atoms with E-state index in [0.717, 1.165) is 13.0 Å². The summed E-state index contributed by atoms with van der Waals surface area (Å²) in [6, 6.07) is 0. The van der Waals surface area contributed by atoms with Crippen LogP contribution in [-0.2, 0) is 4.74 Å². The molecule has 1 heteroatoms. The fourth-order valence-corrected chi connectivity index (χ4v) is 0.276. The molecular formula is C9H20O. The van der Waals surface area contributed by atoms with Crippen molar-refractivity contribution in [3.8, 4) is 0 Å². The third-order valence-corrected chi connectivity index (χ3v) is 0.733. The van der Waals surface area contributed by atoms with Crippen LogP contribution >= 0.6 is 0 Å². The Morgan fingerprint density at radius 3 is 1.90 bits per heavy atom. The summed E-state index contributed by atoms with van der Waals surface area (Å²) in [6.07, 6.45) is 2.23. The molecule has 0 unspecified atom stereocenters. The molecule has 0 atom stereocenters. The van der Waals surface area contributed by atoms with Gasteiger partial charge in [-0.15, -0.1) is 6.58 Å². The van der Waals surface area contributed by atoms with E-state index in [4.69, 9.17) is 4.74 Å². The quantitative estimate of drug-likeness (QED) is 0.553. The van der Waals surface area contributed by atoms with Gasteiger partial charge in [-0.3, -0.25) is 0 Å². The van der Waals surface area contributed by atoms with Crippen molar-refractivity contribution in [2.24, 2.45) is 0 Å². The molecule has 10 heavy (non-hydrogen) atoms. The molecule has 0 fully saturated rings. The van der Waals surface area contributed by atoms with Gasteiger partial charge in [-0.2, -0.15) is 0 Å². The van der Waals surface area contributed by atoms with E-state index in [1.54, 1.807) is 7.11 Å². The standard InChI is InChI=1S/C6H12O.C3H8/c1-6(2)4-5-7-3;1-3-2/h1,4-5H2,2-3H3;3H2,1-2H3. The van der Waals surface area contributed by atoms with Gasteiger partial charge in [0.2, 0.25) is 0 Å². The lowest BCUT2D eigenvalue weighted by atomic mass is 10.3. The zero-order valence-corrected chi connectivity index (χ0v) is 7.74. The molecule has 0 amide bonds. The van der Waals surface area contributed by atoms with Crippen LogP contribution in [0.25, 0.3) is 0 Å². The summed E-state index contributed by atoms with van der Waals surface area (Å²) in [5, 5.41) is 0. The predicted octanol–water partition coefficient (Wildman–Crippen LogP) is 3.02. The minimum atomic E-state index is 0.801. The van der Waals surface area contributed by atoms with Crippen LogP contribution in [0.5, 0.6) is 0 Å². The number of ether oxygens (including phenoxy) is 1. The highest BCUT2D eigenvalue weighted by Crippen LogP contribution is 1.92. The first-order chi connectivity index (χ1) is 4.68. The van der Waals surface area contributed by atoms with Crippen molar-refractivity contribution in [3.05, 3.63) is 12.2 Å². The largest absolute Gasteiger partial charge is 0.384 e. The Hall–Kier alpha value is -0.300. The SMILES string of the molecule is C=C(C)CCOC.CCC. The Kier molecular flexibility index (Phi) is 14.2. The van der Waals surface area contributed by atoms with Crippen LogP contribution < -0.4 is 0 Å². The summed E-state index contributed by atoms with van der Waals surface area (Å²) in [6.45, 7) is 10.8. The maximum Gasteiger partial charge on any atom is 0.0499 e. The Labute approximate surface area is 65.1 Å². The molecule has 0 spiro atoms. The Balaban J connectivity index is 0. The smallest absolute Gasteiger partial charge is 0.0499 e. The molecule has 0 saturated carbocycles. The molecule has 62 valence electrons. The zero-order valence-electron chi connectivity index (χ0n) is 7.74. The fourth-order valence-electron chi connectivity index (χ4n) is 0.276. The van der Waals surface area contributed by atoms with Crippen molar-refractivity contribution < 1.29 is 4.74 Å². The first kappa shape index (κ1) is 12.4. The lowest BCUT2D eigenvalue weighted by Crippen LogP contribution is -1.86. The van der Waals surface area contributed by atoms with Gasteiger partial charge in [0.25, 0.3) is 0 Å². The molecule has 0 rings (SSSR count). The number of rotatable bonds is 3. The molecule has 0 aromatic carbocycles. The number of hydrogen-bond donors (Lipinski definition) is 0. The van der Waals surface area contributed by atoms with E-state index in [1.807, 2.05) is 6.92 Å². The minimum Gasteiger partial charge on any atom is -0.384 e. The first-order valence-electron chi connectivity index (χ1n) is 3.82. The summed E-state index contributed by atoms with van der Waals surface area (Å²) in [7, 11) is 1.70. The normalized spacial score (nSPS) is 8.00. The van der Waals surface area contributed by atoms with Gasteiger partial charge in [0.1, 0.15) is 0 Å². The van der Waals surface area contributed by atoms with Crippen molar-refractivity contribution in [1.82, 2.24) is 0 Å². The molecular weight excluding hydrogens is 124 g/mol. The monoisotopic (exact) mass is 144 g/mol. The second kappa shape index (κ2) is 11.5. The fraction of sp³-hybridized carbons (Fsp3) is 0.778. The number of hydrogen-bond acceptors (Lipinski definition) is 1. The summed E-state index contributed by atoms with van der Waals surface area (Å²) in [5.74, 6) is 0. The highest BCUT2D eigenvalue weighted by molar-refractivity contribution is 4.86. The number of methoxy groups -OCH3 is 1. The van der Waals surface area contributed by atoms with Gasteiger partial charge >= 0.3 is 0 Å². The molecule has 0 N–H and O–H groups in total. The average Bonchev–Trinajstić information content (AvgIpc) is 1.85. The molecule has 0 bridgehead atoms. The van der Waals surface area contributed by atoms with E-state index in [0.29, 0.717) is 0 Å². The lowest BCUT2D eigenvalue weighted by molar-refractivity contribution is 0.202. The van der Waals surface area contributed by atoms with E-state index < -0.39 is 0 Å². The topological polar surface area (TPSA) is 9.23 Å². The van der Waals surface area contributed by atoms with Crippen LogP contribution in [0, 0.1) is 0 Å². The van der Waals surface area contributed by atoms with Crippen LogP contribution in [0.4, 0.5) is 0 Å². The Morgan fingerprint density at radius 2 is 1.80 bits per heavy atom. The Morgan fingerprint density at radius 1 is 1.40 bits per heavy atom. The van der Waals surface area contributed by atoms with E-state index in [2.05, 4.69) is 20.4 Å². The molecule has 0 saturated heterocycles. The zero-order chi connectivity index (χ0) is 8.41. The second-order valence-corrected chi connectivity index (χ2v) is 2.41. The van der Waals surface area contributed by atoms with E-state index in [1.165, 1.54) is 12.0 Å². The second-order valence-electron chi connectivity index (χ2n) is 2.41. The van der Waals surface area contributed by atoms with Gasteiger partial charge in [0, 0.05) is 13.7 Å². The van der Waals surface area contributed by atoms with Gasteiger partial charge in [0.05, 0.1) is 0 Å². The van der Waals surface area contributed by atoms with Crippen LogP contribution in [0.1, 0.15) is 33.6 Å². The van der Waals surface area contributed by atoms with Gasteiger partial charge in [-0.05, 0) is 13.3 Å². The summed E-state index contributed by atoms with van der Waals surface area (Å²) < 4.78 is 4.79. The third kappa shape index (κ3) is 25.2. The van der Waals surface area contributed by atoms with Crippen molar-refractivity contribution in [2.75, 3.05) is 13.7 Å². The Bertz CT molecular complexity index is 67.1. The van der Waals surface area contributed by atoms with Crippen LogP contribution in [0.15, 0.2) is 12.2 Å². The van der Waals surface area contributed by atoms with Crippen LogP contribution in [0.3, 0.4) is 0 Å². The molecule has 0 aliphatic carbocycles. The van der Waals surface area contributed by atoms with Crippen molar-refractivity contribution in [1.29, 1.82) is 0 Å². The van der Waals surface area contributed by atoms with E-state index in [-0.39, 0.29) is 0 Å². The lowest BCUT2D eigenvalue weighted by Gasteiger charge is -1.93. The summed E-state index contributed by atoms with van der Waals surface area (Å²) in [4.78, 5) is 0. The van der Waals surface area contributed by atoms with Crippen molar-refractivity contribution in [2.45, 2.75) is 33.6 Å². The van der Waals surface area contributed by atoms with Gasteiger partial charge in [-0.1, -0.05) is 25.8 Å². The molecule has 1 nitrogen and oxygen atoms in total. The highest BCUT2D eigenvalue weighted by atomic mass is 16.5. The predicted molar refractivity (Wildman–Crippen MR) is 47.3 cm³/mol. The first-order valence-corrected chi connectivity index (χ1v) is 3.82. The van der Waals surface area contributed by atoms with Gasteiger partial charge < -0.3 is 4.74 Å². The van der Waals surface area contributed by atoms with Crippen LogP contribution in [-0.4, -0.2) is 13.7 Å². The molecule has 0 aliphatic heterocycles. The summed E-state index contributed by atoms with van der Waals surface area (Å²) in [5.41, 5.74) is 1.18.